The van der Waals surface area contributed by atoms with Crippen molar-refractivity contribution in [1.82, 2.24) is 10.2 Å². The lowest BCUT2D eigenvalue weighted by Gasteiger charge is -2.26. The Morgan fingerprint density at radius 3 is 2.37 bits per heavy atom. The van der Waals surface area contributed by atoms with Gasteiger partial charge in [0.2, 0.25) is 5.91 Å². The second-order valence-electron chi connectivity index (χ2n) is 8.89. The molecule has 1 aliphatic rings. The summed E-state index contributed by atoms with van der Waals surface area (Å²) in [5.41, 5.74) is 4.59. The maximum Gasteiger partial charge on any atom is 0.258 e. The number of anilines is 1. The summed E-state index contributed by atoms with van der Waals surface area (Å²) in [7, 11) is 0. The molecule has 6 nitrogen and oxygen atoms in total. The van der Waals surface area contributed by atoms with Gasteiger partial charge in [-0.1, -0.05) is 60.2 Å². The predicted octanol–water partition coefficient (Wildman–Crippen LogP) is 3.83. The first-order valence-electron chi connectivity index (χ1n) is 12.2. The van der Waals surface area contributed by atoms with E-state index in [2.05, 4.69) is 16.3 Å². The fourth-order valence-corrected chi connectivity index (χ4v) is 4.23. The van der Waals surface area contributed by atoms with Crippen LogP contribution >= 0.6 is 0 Å². The van der Waals surface area contributed by atoms with Gasteiger partial charge in [-0.15, -0.1) is 0 Å². The van der Waals surface area contributed by atoms with Crippen LogP contribution in [-0.4, -0.2) is 56.1 Å². The van der Waals surface area contributed by atoms with E-state index in [9.17, 15) is 9.59 Å². The third-order valence-electron chi connectivity index (χ3n) is 6.16. The Hall–Kier alpha value is -3.48. The van der Waals surface area contributed by atoms with Crippen LogP contribution < -0.4 is 10.2 Å². The van der Waals surface area contributed by atoms with Crippen molar-refractivity contribution in [1.29, 1.82) is 0 Å². The zero-order valence-electron chi connectivity index (χ0n) is 20.3. The molecule has 0 bridgehead atoms. The van der Waals surface area contributed by atoms with E-state index in [0.29, 0.717) is 25.1 Å². The molecule has 0 atom stereocenters. The first-order chi connectivity index (χ1) is 17.1. The summed E-state index contributed by atoms with van der Waals surface area (Å²) in [5.74, 6) is -0.0521. The summed E-state index contributed by atoms with van der Waals surface area (Å²) >= 11 is 0. The number of rotatable bonds is 9. The standard InChI is InChI=1S/C29H33N3O3/c1-23-6-5-7-25(20-23)22-32(29(34)26-8-3-2-4-9-26)27-12-10-24(11-13-27)21-28(33)30-14-15-31-16-18-35-19-17-31/h2-13,20H,14-19,21-22H2,1H3,(H,30,33). The Balaban J connectivity index is 1.41. The molecule has 0 aliphatic carbocycles. The van der Waals surface area contributed by atoms with Crippen LogP contribution in [0, 0.1) is 6.92 Å². The maximum atomic E-state index is 13.4. The molecule has 6 heteroatoms. The SMILES string of the molecule is Cc1cccc(CN(C(=O)c2ccccc2)c2ccc(CC(=O)NCCN3CCOCC3)cc2)c1. The number of benzene rings is 3. The van der Waals surface area contributed by atoms with Crippen LogP contribution in [0.25, 0.3) is 0 Å². The van der Waals surface area contributed by atoms with Crippen molar-refractivity contribution in [2.24, 2.45) is 0 Å². The van der Waals surface area contributed by atoms with Crippen LogP contribution in [0.5, 0.6) is 0 Å². The van der Waals surface area contributed by atoms with Gasteiger partial charge >= 0.3 is 0 Å². The summed E-state index contributed by atoms with van der Waals surface area (Å²) in [6, 6.07) is 25.2. The monoisotopic (exact) mass is 471 g/mol. The smallest absolute Gasteiger partial charge is 0.258 e. The largest absolute Gasteiger partial charge is 0.379 e. The molecule has 1 aliphatic heterocycles. The topological polar surface area (TPSA) is 61.9 Å². The average Bonchev–Trinajstić information content (AvgIpc) is 2.89. The summed E-state index contributed by atoms with van der Waals surface area (Å²) in [4.78, 5) is 29.9. The Kier molecular flexibility index (Phi) is 8.65. The maximum absolute atomic E-state index is 13.4. The van der Waals surface area contributed by atoms with Crippen LogP contribution in [0.15, 0.2) is 78.9 Å². The number of ether oxygens (including phenoxy) is 1. The van der Waals surface area contributed by atoms with Crippen molar-refractivity contribution < 1.29 is 14.3 Å². The van der Waals surface area contributed by atoms with Crippen LogP contribution in [0.2, 0.25) is 0 Å². The molecular formula is C29H33N3O3. The minimum absolute atomic E-state index is 0.00277. The second-order valence-corrected chi connectivity index (χ2v) is 8.89. The second kappa shape index (κ2) is 12.3. The van der Waals surface area contributed by atoms with Gasteiger partial charge in [0, 0.05) is 37.4 Å². The minimum Gasteiger partial charge on any atom is -0.379 e. The highest BCUT2D eigenvalue weighted by atomic mass is 16.5. The molecule has 3 aromatic rings. The molecule has 1 fully saturated rings. The van der Waals surface area contributed by atoms with Crippen molar-refractivity contribution in [3.8, 4) is 0 Å². The normalized spacial score (nSPS) is 13.9. The van der Waals surface area contributed by atoms with Crippen LogP contribution in [0.1, 0.15) is 27.0 Å². The first-order valence-corrected chi connectivity index (χ1v) is 12.2. The summed E-state index contributed by atoms with van der Waals surface area (Å²) in [5, 5.41) is 3.01. The van der Waals surface area contributed by atoms with E-state index in [4.69, 9.17) is 4.74 Å². The predicted molar refractivity (Wildman–Crippen MR) is 139 cm³/mol. The molecule has 182 valence electrons. The highest BCUT2D eigenvalue weighted by Gasteiger charge is 2.18. The van der Waals surface area contributed by atoms with Crippen molar-refractivity contribution in [2.45, 2.75) is 19.9 Å². The number of hydrogen-bond donors (Lipinski definition) is 1. The molecule has 0 unspecified atom stereocenters. The van der Waals surface area contributed by atoms with Crippen LogP contribution in [-0.2, 0) is 22.5 Å². The Labute approximate surface area is 207 Å². The number of aryl methyl sites for hydroxylation is 1. The van der Waals surface area contributed by atoms with E-state index in [-0.39, 0.29) is 11.8 Å². The fourth-order valence-electron chi connectivity index (χ4n) is 4.23. The quantitative estimate of drug-likeness (QED) is 0.515. The number of morpholine rings is 1. The van der Waals surface area contributed by atoms with Gasteiger partial charge in [-0.05, 0) is 42.3 Å². The molecule has 1 N–H and O–H groups in total. The Morgan fingerprint density at radius 1 is 0.914 bits per heavy atom. The molecular weight excluding hydrogens is 438 g/mol. The number of carbonyl (C=O) groups excluding carboxylic acids is 2. The fraction of sp³-hybridized carbons (Fsp3) is 0.310. The lowest BCUT2D eigenvalue weighted by molar-refractivity contribution is -0.120. The zero-order chi connectivity index (χ0) is 24.5. The third kappa shape index (κ3) is 7.25. The molecule has 1 saturated heterocycles. The number of nitrogens with zero attached hydrogens (tertiary/aromatic N) is 2. The van der Waals surface area contributed by atoms with Crippen LogP contribution in [0.4, 0.5) is 5.69 Å². The number of nitrogens with one attached hydrogen (secondary N) is 1. The molecule has 3 aromatic carbocycles. The van der Waals surface area contributed by atoms with Gasteiger partial charge in [0.15, 0.2) is 0 Å². The van der Waals surface area contributed by atoms with Gasteiger partial charge in [0.25, 0.3) is 5.91 Å². The van der Waals surface area contributed by atoms with E-state index >= 15 is 0 Å². The van der Waals surface area contributed by atoms with Gasteiger partial charge in [-0.3, -0.25) is 14.5 Å². The lowest BCUT2D eigenvalue weighted by Crippen LogP contribution is -2.41. The van der Waals surface area contributed by atoms with Crippen molar-refractivity contribution in [3.05, 3.63) is 101 Å². The van der Waals surface area contributed by atoms with Gasteiger partial charge < -0.3 is 15.0 Å². The Bertz CT molecular complexity index is 1110. The van der Waals surface area contributed by atoms with E-state index in [1.54, 1.807) is 4.90 Å². The third-order valence-corrected chi connectivity index (χ3v) is 6.16. The van der Waals surface area contributed by atoms with Crippen molar-refractivity contribution in [3.63, 3.8) is 0 Å². The Morgan fingerprint density at radius 2 is 1.66 bits per heavy atom. The molecule has 0 radical (unpaired) electrons. The summed E-state index contributed by atoms with van der Waals surface area (Å²) < 4.78 is 5.36. The first kappa shape index (κ1) is 24.6. The molecule has 35 heavy (non-hydrogen) atoms. The average molecular weight is 472 g/mol. The summed E-state index contributed by atoms with van der Waals surface area (Å²) in [6.07, 6.45) is 0.313. The van der Waals surface area contributed by atoms with E-state index in [0.717, 1.165) is 55.2 Å². The lowest BCUT2D eigenvalue weighted by atomic mass is 10.1. The highest BCUT2D eigenvalue weighted by molar-refractivity contribution is 6.06. The highest BCUT2D eigenvalue weighted by Crippen LogP contribution is 2.22. The van der Waals surface area contributed by atoms with Gasteiger partial charge in [0.1, 0.15) is 0 Å². The van der Waals surface area contributed by atoms with Crippen molar-refractivity contribution >= 4 is 17.5 Å². The molecule has 0 saturated carbocycles. The molecule has 0 spiro atoms. The van der Waals surface area contributed by atoms with E-state index in [1.807, 2.05) is 79.7 Å². The zero-order valence-corrected chi connectivity index (χ0v) is 20.3. The minimum atomic E-state index is -0.0549. The molecule has 4 rings (SSSR count). The molecule has 2 amide bonds. The van der Waals surface area contributed by atoms with Gasteiger partial charge in [0.05, 0.1) is 26.2 Å². The number of amides is 2. The number of hydrogen-bond acceptors (Lipinski definition) is 4. The van der Waals surface area contributed by atoms with Gasteiger partial charge in [-0.25, -0.2) is 0 Å². The van der Waals surface area contributed by atoms with E-state index < -0.39 is 0 Å². The van der Waals surface area contributed by atoms with Gasteiger partial charge in [-0.2, -0.15) is 0 Å². The van der Waals surface area contributed by atoms with Crippen molar-refractivity contribution in [2.75, 3.05) is 44.3 Å². The number of carbonyl (C=O) groups is 2. The van der Waals surface area contributed by atoms with Crippen LogP contribution in [0.3, 0.4) is 0 Å². The molecule has 0 aromatic heterocycles. The van der Waals surface area contributed by atoms with E-state index in [1.165, 1.54) is 0 Å². The molecule has 1 heterocycles. The summed E-state index contributed by atoms with van der Waals surface area (Å²) in [6.45, 7) is 7.33.